The van der Waals surface area contributed by atoms with Crippen molar-refractivity contribution in [1.29, 1.82) is 0 Å². The molecule has 0 atom stereocenters. The predicted molar refractivity (Wildman–Crippen MR) is 67.8 cm³/mol. The van der Waals surface area contributed by atoms with E-state index in [0.29, 0.717) is 12.1 Å². The average Bonchev–Trinajstić information content (AvgIpc) is 2.72. The van der Waals surface area contributed by atoms with Gasteiger partial charge in [-0.05, 0) is 38.2 Å². The minimum atomic E-state index is 0.432. The number of aromatic nitrogens is 2. The van der Waals surface area contributed by atoms with E-state index in [1.54, 1.807) is 0 Å². The highest BCUT2D eigenvalue weighted by Crippen LogP contribution is 2.32. The van der Waals surface area contributed by atoms with Crippen LogP contribution in [0.2, 0.25) is 0 Å². The number of likely N-dealkylation sites (tertiary alicyclic amines) is 1. The molecule has 1 aromatic heterocycles. The molecule has 0 amide bonds. The molecule has 1 aromatic rings. The Morgan fingerprint density at radius 3 is 2.35 bits per heavy atom. The van der Waals surface area contributed by atoms with Crippen LogP contribution in [0.15, 0.2) is 12.4 Å². The Balaban J connectivity index is 1.54. The highest BCUT2D eigenvalue weighted by atomic mass is 15.3. The van der Waals surface area contributed by atoms with Gasteiger partial charge in [-0.3, -0.25) is 9.58 Å². The predicted octanol–water partition coefficient (Wildman–Crippen LogP) is 1.32. The Morgan fingerprint density at radius 1 is 1.18 bits per heavy atom. The molecule has 0 aromatic carbocycles. The number of rotatable bonds is 2. The molecule has 0 unspecified atom stereocenters. The van der Waals surface area contributed by atoms with Crippen molar-refractivity contribution in [1.82, 2.24) is 14.7 Å². The van der Waals surface area contributed by atoms with E-state index in [2.05, 4.69) is 27.8 Å². The summed E-state index contributed by atoms with van der Waals surface area (Å²) in [7, 11) is 0. The van der Waals surface area contributed by atoms with Crippen molar-refractivity contribution in [2.24, 2.45) is 5.73 Å². The zero-order valence-corrected chi connectivity index (χ0v) is 10.5. The van der Waals surface area contributed by atoms with Crippen molar-refractivity contribution >= 4 is 0 Å². The lowest BCUT2D eigenvalue weighted by Gasteiger charge is -2.45. The lowest BCUT2D eigenvalue weighted by atomic mass is 9.88. The maximum Gasteiger partial charge on any atom is 0.0520 e. The summed E-state index contributed by atoms with van der Waals surface area (Å²) in [6, 6.07) is 1.83. The van der Waals surface area contributed by atoms with E-state index in [4.69, 9.17) is 5.73 Å². The maximum atomic E-state index is 5.84. The summed E-state index contributed by atoms with van der Waals surface area (Å²) in [4.78, 5) is 2.55. The van der Waals surface area contributed by atoms with Crippen LogP contribution in [0.5, 0.6) is 0 Å². The molecular formula is C13H22N4. The van der Waals surface area contributed by atoms with Crippen molar-refractivity contribution in [3.05, 3.63) is 18.0 Å². The zero-order chi connectivity index (χ0) is 11.8. The van der Waals surface area contributed by atoms with Crippen molar-refractivity contribution in [3.8, 4) is 0 Å². The van der Waals surface area contributed by atoms with Gasteiger partial charge in [-0.1, -0.05) is 0 Å². The Bertz CT molecular complexity index is 373. The van der Waals surface area contributed by atoms with E-state index in [-0.39, 0.29) is 0 Å². The fourth-order valence-electron chi connectivity index (χ4n) is 3.17. The van der Waals surface area contributed by atoms with Gasteiger partial charge >= 0.3 is 0 Å². The lowest BCUT2D eigenvalue weighted by Crippen LogP contribution is -2.59. The first-order chi connectivity index (χ1) is 8.22. The van der Waals surface area contributed by atoms with Crippen LogP contribution >= 0.6 is 0 Å². The van der Waals surface area contributed by atoms with Gasteiger partial charge in [0.2, 0.25) is 0 Å². The molecule has 0 spiro atoms. The second-order valence-corrected chi connectivity index (χ2v) is 5.67. The Morgan fingerprint density at radius 2 is 1.82 bits per heavy atom. The normalized spacial score (nSPS) is 31.4. The molecule has 4 heteroatoms. The molecule has 4 nitrogen and oxygen atoms in total. The van der Waals surface area contributed by atoms with Gasteiger partial charge in [-0.15, -0.1) is 0 Å². The summed E-state index contributed by atoms with van der Waals surface area (Å²) in [6.45, 7) is 4.32. The van der Waals surface area contributed by atoms with Crippen LogP contribution in [0.4, 0.5) is 0 Å². The second-order valence-electron chi connectivity index (χ2n) is 5.67. The van der Waals surface area contributed by atoms with Crippen LogP contribution in [-0.2, 0) is 0 Å². The number of nitrogens with zero attached hydrogens (tertiary/aromatic N) is 3. The van der Waals surface area contributed by atoms with Crippen molar-refractivity contribution in [2.75, 3.05) is 13.1 Å². The van der Waals surface area contributed by atoms with Gasteiger partial charge in [0.05, 0.1) is 12.2 Å². The molecule has 3 rings (SSSR count). The SMILES string of the molecule is Cc1cnn(C2CCC(N3CC(N)C3)CC2)c1. The third-order valence-electron chi connectivity index (χ3n) is 4.23. The van der Waals surface area contributed by atoms with Crippen LogP contribution in [-0.4, -0.2) is 39.9 Å². The molecule has 2 heterocycles. The Kier molecular flexibility index (Phi) is 2.92. The van der Waals surface area contributed by atoms with E-state index >= 15 is 0 Å². The fraction of sp³-hybridized carbons (Fsp3) is 0.769. The van der Waals surface area contributed by atoms with Gasteiger partial charge < -0.3 is 5.73 Å². The third-order valence-corrected chi connectivity index (χ3v) is 4.23. The minimum Gasteiger partial charge on any atom is -0.325 e. The molecule has 0 radical (unpaired) electrons. The second kappa shape index (κ2) is 4.42. The number of nitrogens with two attached hydrogens (primary N) is 1. The lowest BCUT2D eigenvalue weighted by molar-refractivity contribution is 0.0612. The average molecular weight is 234 g/mol. The molecule has 2 aliphatic rings. The largest absolute Gasteiger partial charge is 0.325 e. The first-order valence-electron chi connectivity index (χ1n) is 6.73. The summed E-state index contributed by atoms with van der Waals surface area (Å²) >= 11 is 0. The summed E-state index contributed by atoms with van der Waals surface area (Å²) in [5.41, 5.74) is 7.11. The molecular weight excluding hydrogens is 212 g/mol. The fourth-order valence-corrected chi connectivity index (χ4v) is 3.17. The van der Waals surface area contributed by atoms with E-state index in [0.717, 1.165) is 19.1 Å². The zero-order valence-electron chi connectivity index (χ0n) is 10.5. The molecule has 1 saturated heterocycles. The van der Waals surface area contributed by atoms with E-state index in [1.807, 2.05) is 6.20 Å². The molecule has 0 bridgehead atoms. The van der Waals surface area contributed by atoms with Crippen LogP contribution in [0.3, 0.4) is 0 Å². The number of hydrogen-bond donors (Lipinski definition) is 1. The van der Waals surface area contributed by atoms with Crippen molar-refractivity contribution < 1.29 is 0 Å². The van der Waals surface area contributed by atoms with E-state index in [1.165, 1.54) is 31.2 Å². The monoisotopic (exact) mass is 234 g/mol. The molecule has 1 saturated carbocycles. The van der Waals surface area contributed by atoms with Gasteiger partial charge in [0.25, 0.3) is 0 Å². The first kappa shape index (κ1) is 11.2. The van der Waals surface area contributed by atoms with Crippen molar-refractivity contribution in [2.45, 2.75) is 50.7 Å². The van der Waals surface area contributed by atoms with Gasteiger partial charge in [0, 0.05) is 31.4 Å². The molecule has 94 valence electrons. The molecule has 1 aliphatic heterocycles. The van der Waals surface area contributed by atoms with Crippen LogP contribution < -0.4 is 5.73 Å². The standard InChI is InChI=1S/C13H22N4/c1-10-6-15-17(7-10)13-4-2-12(3-5-13)16-8-11(14)9-16/h6-7,11-13H,2-5,8-9,14H2,1H3. The Hall–Kier alpha value is -0.870. The van der Waals surface area contributed by atoms with Crippen molar-refractivity contribution in [3.63, 3.8) is 0 Å². The maximum absolute atomic E-state index is 5.84. The summed E-state index contributed by atoms with van der Waals surface area (Å²) in [6.07, 6.45) is 9.26. The van der Waals surface area contributed by atoms with Crippen LogP contribution in [0.25, 0.3) is 0 Å². The third kappa shape index (κ3) is 2.24. The molecule has 2 N–H and O–H groups in total. The van der Waals surface area contributed by atoms with E-state index in [9.17, 15) is 0 Å². The van der Waals surface area contributed by atoms with E-state index < -0.39 is 0 Å². The number of hydrogen-bond acceptors (Lipinski definition) is 3. The van der Waals surface area contributed by atoms with Crippen LogP contribution in [0.1, 0.15) is 37.3 Å². The summed E-state index contributed by atoms with van der Waals surface area (Å²) in [5.74, 6) is 0. The molecule has 17 heavy (non-hydrogen) atoms. The quantitative estimate of drug-likeness (QED) is 0.839. The summed E-state index contributed by atoms with van der Waals surface area (Å²) < 4.78 is 2.16. The first-order valence-corrected chi connectivity index (χ1v) is 6.73. The van der Waals surface area contributed by atoms with Gasteiger partial charge in [0.15, 0.2) is 0 Å². The smallest absolute Gasteiger partial charge is 0.0520 e. The summed E-state index contributed by atoms with van der Waals surface area (Å²) in [5, 5.41) is 4.44. The van der Waals surface area contributed by atoms with Crippen LogP contribution in [0, 0.1) is 6.92 Å². The highest BCUT2D eigenvalue weighted by Gasteiger charge is 2.33. The Labute approximate surface area is 103 Å². The number of aryl methyl sites for hydroxylation is 1. The highest BCUT2D eigenvalue weighted by molar-refractivity contribution is 5.01. The molecule has 1 aliphatic carbocycles. The van der Waals surface area contributed by atoms with Gasteiger partial charge in [0.1, 0.15) is 0 Å². The minimum absolute atomic E-state index is 0.432. The van der Waals surface area contributed by atoms with Gasteiger partial charge in [-0.2, -0.15) is 5.10 Å². The van der Waals surface area contributed by atoms with Gasteiger partial charge in [-0.25, -0.2) is 0 Å². The topological polar surface area (TPSA) is 47.1 Å². The molecule has 2 fully saturated rings.